The molecule has 3 heterocycles. The highest BCUT2D eigenvalue weighted by Gasteiger charge is 2.42. The number of halogens is 1. The van der Waals surface area contributed by atoms with Gasteiger partial charge in [0, 0.05) is 23.3 Å². The molecule has 7 heteroatoms. The van der Waals surface area contributed by atoms with Crippen molar-refractivity contribution in [3.63, 3.8) is 0 Å². The van der Waals surface area contributed by atoms with Crippen LogP contribution in [0.25, 0.3) is 5.69 Å². The smallest absolute Gasteiger partial charge is 0.174 e. The summed E-state index contributed by atoms with van der Waals surface area (Å²) in [6.07, 6.45) is 1.82. The number of nitrogens with one attached hydrogen (secondary N) is 1. The average Bonchev–Trinajstić information content (AvgIpc) is 3.45. The maximum atomic E-state index is 6.63. The second-order valence-corrected chi connectivity index (χ2v) is 10.3. The Bertz CT molecular complexity index is 1620. The second kappa shape index (κ2) is 10.6. The zero-order valence-corrected chi connectivity index (χ0v) is 23.2. The number of rotatable bonds is 6. The van der Waals surface area contributed by atoms with Crippen molar-refractivity contribution < 1.29 is 4.74 Å². The number of anilines is 1. The number of pyridine rings is 1. The van der Waals surface area contributed by atoms with Crippen LogP contribution in [-0.2, 0) is 0 Å². The van der Waals surface area contributed by atoms with E-state index in [4.69, 9.17) is 33.5 Å². The van der Waals surface area contributed by atoms with Crippen molar-refractivity contribution in [2.45, 2.75) is 25.9 Å². The van der Waals surface area contributed by atoms with Crippen molar-refractivity contribution in [2.24, 2.45) is 0 Å². The molecule has 2 aromatic heterocycles. The molecule has 5 nitrogen and oxygen atoms in total. The number of hydrogen-bond acceptors (Lipinski definition) is 3. The number of ether oxygens (including phenoxy) is 1. The first-order valence-corrected chi connectivity index (χ1v) is 13.6. The minimum absolute atomic E-state index is 0.129. The van der Waals surface area contributed by atoms with E-state index < -0.39 is 0 Å². The summed E-state index contributed by atoms with van der Waals surface area (Å²) in [5, 5.41) is 4.91. The van der Waals surface area contributed by atoms with Gasteiger partial charge in [0.25, 0.3) is 0 Å². The summed E-state index contributed by atoms with van der Waals surface area (Å²) in [5.74, 6) is 1.56. The number of thiocarbonyl (C=S) groups is 1. The molecule has 0 amide bonds. The number of hydrogen-bond donors (Lipinski definition) is 1. The van der Waals surface area contributed by atoms with Gasteiger partial charge in [0.1, 0.15) is 11.5 Å². The summed E-state index contributed by atoms with van der Waals surface area (Å²) < 4.78 is 8.24. The van der Waals surface area contributed by atoms with Crippen molar-refractivity contribution in [1.82, 2.24) is 14.9 Å². The van der Waals surface area contributed by atoms with Gasteiger partial charge in [-0.25, -0.2) is 0 Å². The summed E-state index contributed by atoms with van der Waals surface area (Å²) in [7, 11) is 0. The molecule has 0 radical (unpaired) electrons. The molecule has 3 aromatic carbocycles. The summed E-state index contributed by atoms with van der Waals surface area (Å²) >= 11 is 12.6. The molecular formula is C32H27ClN4OS. The number of aryl methyl sites for hydroxylation is 1. The SMILES string of the molecule is Cc1cc([C@@H]2[C@@H](c3ccccn3)NC(=S)N2c2ccc(Oc3ccccc3)cc2)c(C)n1-c1ccccc1Cl. The van der Waals surface area contributed by atoms with Crippen molar-refractivity contribution in [2.75, 3.05) is 4.90 Å². The Labute approximate surface area is 238 Å². The Morgan fingerprint density at radius 2 is 1.54 bits per heavy atom. The highest BCUT2D eigenvalue weighted by Crippen LogP contribution is 2.44. The number of nitrogens with zero attached hydrogens (tertiary/aromatic N) is 3. The van der Waals surface area contributed by atoms with E-state index in [1.165, 1.54) is 0 Å². The molecule has 0 saturated carbocycles. The highest BCUT2D eigenvalue weighted by molar-refractivity contribution is 7.80. The first kappa shape index (κ1) is 25.2. The third-order valence-corrected chi connectivity index (χ3v) is 7.71. The molecule has 6 rings (SSSR count). The van der Waals surface area contributed by atoms with Crippen LogP contribution in [0.2, 0.25) is 5.02 Å². The molecule has 1 fully saturated rings. The summed E-state index contributed by atoms with van der Waals surface area (Å²) in [6.45, 7) is 4.24. The molecule has 1 saturated heterocycles. The predicted octanol–water partition coefficient (Wildman–Crippen LogP) is 8.11. The van der Waals surface area contributed by atoms with Gasteiger partial charge >= 0.3 is 0 Å². The van der Waals surface area contributed by atoms with Crippen molar-refractivity contribution in [3.8, 4) is 17.2 Å². The minimum atomic E-state index is -0.140. The van der Waals surface area contributed by atoms with E-state index in [0.29, 0.717) is 10.1 Å². The molecule has 5 aromatic rings. The minimum Gasteiger partial charge on any atom is -0.457 e. The molecule has 0 unspecified atom stereocenters. The first-order chi connectivity index (χ1) is 19.0. The fourth-order valence-corrected chi connectivity index (χ4v) is 5.91. The summed E-state index contributed by atoms with van der Waals surface area (Å²) in [4.78, 5) is 6.87. The van der Waals surface area contributed by atoms with E-state index in [1.54, 1.807) is 0 Å². The van der Waals surface area contributed by atoms with E-state index in [1.807, 2.05) is 103 Å². The van der Waals surface area contributed by atoms with Crippen LogP contribution in [-0.4, -0.2) is 14.7 Å². The number of para-hydroxylation sites is 2. The van der Waals surface area contributed by atoms with E-state index in [-0.39, 0.29) is 12.1 Å². The maximum absolute atomic E-state index is 6.63. The first-order valence-electron chi connectivity index (χ1n) is 12.8. The summed E-state index contributed by atoms with van der Waals surface area (Å²) in [6, 6.07) is 33.7. The third kappa shape index (κ3) is 4.78. The zero-order valence-electron chi connectivity index (χ0n) is 21.6. The quantitative estimate of drug-likeness (QED) is 0.216. The van der Waals surface area contributed by atoms with Crippen LogP contribution in [0.15, 0.2) is 109 Å². The van der Waals surface area contributed by atoms with Crippen molar-refractivity contribution >= 4 is 34.6 Å². The van der Waals surface area contributed by atoms with Gasteiger partial charge in [-0.05, 0) is 98.4 Å². The van der Waals surface area contributed by atoms with E-state index in [9.17, 15) is 0 Å². The highest BCUT2D eigenvalue weighted by atomic mass is 35.5. The molecule has 0 spiro atoms. The zero-order chi connectivity index (χ0) is 26.9. The molecule has 2 atom stereocenters. The Morgan fingerprint density at radius 1 is 0.846 bits per heavy atom. The van der Waals surface area contributed by atoms with E-state index in [2.05, 4.69) is 34.7 Å². The van der Waals surface area contributed by atoms with Crippen LogP contribution in [0.4, 0.5) is 5.69 Å². The van der Waals surface area contributed by atoms with Crippen LogP contribution in [0.5, 0.6) is 11.5 Å². The lowest BCUT2D eigenvalue weighted by molar-refractivity contribution is 0.482. The Kier molecular flexibility index (Phi) is 6.81. The Morgan fingerprint density at radius 3 is 2.26 bits per heavy atom. The van der Waals surface area contributed by atoms with Crippen LogP contribution < -0.4 is 15.0 Å². The normalized spacial score (nSPS) is 16.8. The standard InChI is InChI=1S/C32H27ClN4OS/c1-21-20-26(22(2)36(21)29-14-7-6-12-27(29)33)31-30(28-13-8-9-19-34-28)35-32(39)37(31)23-15-17-25(18-16-23)38-24-10-4-3-5-11-24/h3-20,30-31H,1-2H3,(H,35,39)/t30-,31-/m1/s1. The van der Waals surface area contributed by atoms with Gasteiger partial charge in [-0.3, -0.25) is 4.98 Å². The monoisotopic (exact) mass is 550 g/mol. The largest absolute Gasteiger partial charge is 0.457 e. The third-order valence-electron chi connectivity index (χ3n) is 7.07. The lowest BCUT2D eigenvalue weighted by Gasteiger charge is -2.28. The molecule has 1 N–H and O–H groups in total. The van der Waals surface area contributed by atoms with Gasteiger partial charge in [0.15, 0.2) is 5.11 Å². The Balaban J connectivity index is 1.43. The van der Waals surface area contributed by atoms with Crippen LogP contribution >= 0.6 is 23.8 Å². The molecule has 194 valence electrons. The summed E-state index contributed by atoms with van der Waals surface area (Å²) in [5.41, 5.74) is 6.21. The Hall–Kier alpha value is -4.13. The average molecular weight is 551 g/mol. The topological polar surface area (TPSA) is 42.3 Å². The van der Waals surface area contributed by atoms with Gasteiger partial charge in [-0.15, -0.1) is 0 Å². The van der Waals surface area contributed by atoms with Crippen LogP contribution in [0.1, 0.15) is 34.7 Å². The van der Waals surface area contributed by atoms with E-state index >= 15 is 0 Å². The molecular weight excluding hydrogens is 524 g/mol. The lowest BCUT2D eigenvalue weighted by Crippen LogP contribution is -2.29. The maximum Gasteiger partial charge on any atom is 0.174 e. The number of aromatic nitrogens is 2. The second-order valence-electron chi connectivity index (χ2n) is 9.52. The van der Waals surface area contributed by atoms with Gasteiger partial charge < -0.3 is 19.5 Å². The van der Waals surface area contributed by atoms with Gasteiger partial charge in [0.05, 0.1) is 28.5 Å². The van der Waals surface area contributed by atoms with E-state index in [0.717, 1.165) is 45.5 Å². The van der Waals surface area contributed by atoms with Crippen molar-refractivity contribution in [3.05, 3.63) is 137 Å². The fraction of sp³-hybridized carbons (Fsp3) is 0.125. The number of benzene rings is 3. The molecule has 1 aliphatic rings. The van der Waals surface area contributed by atoms with Crippen LogP contribution in [0, 0.1) is 13.8 Å². The fourth-order valence-electron chi connectivity index (χ4n) is 5.34. The van der Waals surface area contributed by atoms with Gasteiger partial charge in [-0.1, -0.05) is 48.0 Å². The van der Waals surface area contributed by atoms with Gasteiger partial charge in [-0.2, -0.15) is 0 Å². The molecule has 0 aliphatic carbocycles. The molecule has 0 bridgehead atoms. The van der Waals surface area contributed by atoms with Gasteiger partial charge in [0.2, 0.25) is 0 Å². The predicted molar refractivity (Wildman–Crippen MR) is 161 cm³/mol. The van der Waals surface area contributed by atoms with Crippen molar-refractivity contribution in [1.29, 1.82) is 0 Å². The molecule has 1 aliphatic heterocycles. The lowest BCUT2D eigenvalue weighted by atomic mass is 9.96. The van der Waals surface area contributed by atoms with Crippen LogP contribution in [0.3, 0.4) is 0 Å². The molecule has 39 heavy (non-hydrogen) atoms.